The van der Waals surface area contributed by atoms with E-state index in [0.717, 1.165) is 28.7 Å². The SMILES string of the molecule is CCn1c(SCC(=O)c2ccc(C(C)C)cc2)nnc1-c1ccc(Cl)cc1. The normalized spacial score (nSPS) is 11.1. The number of carbonyl (C=O) groups excluding carboxylic acids is 1. The Hall–Kier alpha value is -2.11. The first-order valence-corrected chi connectivity index (χ1v) is 10.3. The van der Waals surface area contributed by atoms with Gasteiger partial charge in [0.2, 0.25) is 0 Å². The van der Waals surface area contributed by atoms with Gasteiger partial charge in [-0.25, -0.2) is 0 Å². The Morgan fingerprint density at radius 2 is 1.74 bits per heavy atom. The summed E-state index contributed by atoms with van der Waals surface area (Å²) in [5.41, 5.74) is 2.92. The lowest BCUT2D eigenvalue weighted by molar-refractivity contribution is 0.102. The number of nitrogens with zero attached hydrogens (tertiary/aromatic N) is 3. The minimum absolute atomic E-state index is 0.0917. The molecule has 0 N–H and O–H groups in total. The highest BCUT2D eigenvalue weighted by Gasteiger charge is 2.15. The lowest BCUT2D eigenvalue weighted by Gasteiger charge is -2.08. The topological polar surface area (TPSA) is 47.8 Å². The van der Waals surface area contributed by atoms with E-state index in [1.807, 2.05) is 60.0 Å². The third-order valence-corrected chi connectivity index (χ3v) is 5.59. The van der Waals surface area contributed by atoms with Crippen LogP contribution in [0, 0.1) is 0 Å². The van der Waals surface area contributed by atoms with Gasteiger partial charge < -0.3 is 4.57 Å². The summed E-state index contributed by atoms with van der Waals surface area (Å²) in [6, 6.07) is 15.4. The minimum Gasteiger partial charge on any atom is -0.302 e. The lowest BCUT2D eigenvalue weighted by Crippen LogP contribution is -2.05. The van der Waals surface area contributed by atoms with E-state index >= 15 is 0 Å². The number of carbonyl (C=O) groups is 1. The zero-order valence-corrected chi connectivity index (χ0v) is 17.2. The zero-order valence-electron chi connectivity index (χ0n) is 15.6. The highest BCUT2D eigenvalue weighted by Crippen LogP contribution is 2.26. The third kappa shape index (κ3) is 4.60. The standard InChI is InChI=1S/C21H22ClN3OS/c1-4-25-20(17-9-11-18(22)12-10-17)23-24-21(25)27-13-19(26)16-7-5-15(6-8-16)14(2)3/h5-12,14H,4,13H2,1-3H3. The summed E-state index contributed by atoms with van der Waals surface area (Å²) in [6.45, 7) is 7.05. The Labute approximate surface area is 169 Å². The Balaban J connectivity index is 1.72. The average molecular weight is 400 g/mol. The van der Waals surface area contributed by atoms with Gasteiger partial charge >= 0.3 is 0 Å². The maximum atomic E-state index is 12.5. The van der Waals surface area contributed by atoms with Crippen molar-refractivity contribution in [2.45, 2.75) is 38.4 Å². The van der Waals surface area contributed by atoms with Gasteiger partial charge in [0.25, 0.3) is 0 Å². The predicted octanol–water partition coefficient (Wildman–Crippen LogP) is 5.72. The molecular weight excluding hydrogens is 378 g/mol. The Morgan fingerprint density at radius 1 is 1.07 bits per heavy atom. The van der Waals surface area contributed by atoms with Crippen LogP contribution in [0.25, 0.3) is 11.4 Å². The molecule has 3 rings (SSSR count). The van der Waals surface area contributed by atoms with Crippen LogP contribution < -0.4 is 0 Å². The van der Waals surface area contributed by atoms with Gasteiger partial charge in [-0.2, -0.15) is 0 Å². The van der Waals surface area contributed by atoms with Crippen molar-refractivity contribution in [2.24, 2.45) is 0 Å². The van der Waals surface area contributed by atoms with Gasteiger partial charge in [-0.1, -0.05) is 61.5 Å². The number of hydrogen-bond acceptors (Lipinski definition) is 4. The van der Waals surface area contributed by atoms with Crippen molar-refractivity contribution in [1.29, 1.82) is 0 Å². The molecule has 0 aliphatic carbocycles. The molecule has 0 amide bonds. The summed E-state index contributed by atoms with van der Waals surface area (Å²) >= 11 is 7.38. The van der Waals surface area contributed by atoms with Gasteiger partial charge in [-0.15, -0.1) is 10.2 Å². The van der Waals surface area contributed by atoms with Crippen molar-refractivity contribution < 1.29 is 4.79 Å². The number of Topliss-reactive ketones (excluding diaryl/α,β-unsaturated/α-hetero) is 1. The van der Waals surface area contributed by atoms with Crippen molar-refractivity contribution in [3.8, 4) is 11.4 Å². The van der Waals surface area contributed by atoms with Crippen LogP contribution in [0.2, 0.25) is 5.02 Å². The number of halogens is 1. The van der Waals surface area contributed by atoms with Crippen LogP contribution in [0.5, 0.6) is 0 Å². The molecule has 27 heavy (non-hydrogen) atoms. The molecule has 0 aliphatic heterocycles. The second-order valence-electron chi connectivity index (χ2n) is 6.55. The number of ketones is 1. The molecule has 3 aromatic rings. The number of hydrogen-bond donors (Lipinski definition) is 0. The monoisotopic (exact) mass is 399 g/mol. The van der Waals surface area contributed by atoms with Crippen LogP contribution >= 0.6 is 23.4 Å². The number of benzene rings is 2. The van der Waals surface area contributed by atoms with Gasteiger partial charge in [0.1, 0.15) is 0 Å². The van der Waals surface area contributed by atoms with Crippen LogP contribution in [0.15, 0.2) is 53.7 Å². The molecule has 0 aliphatic rings. The zero-order chi connectivity index (χ0) is 19.4. The maximum Gasteiger partial charge on any atom is 0.191 e. The largest absolute Gasteiger partial charge is 0.302 e. The highest BCUT2D eigenvalue weighted by atomic mass is 35.5. The first kappa shape index (κ1) is 19.6. The highest BCUT2D eigenvalue weighted by molar-refractivity contribution is 7.99. The van der Waals surface area contributed by atoms with Crippen molar-refractivity contribution in [3.05, 3.63) is 64.7 Å². The molecule has 1 aromatic heterocycles. The Bertz CT molecular complexity index is 918. The molecule has 0 saturated carbocycles. The second-order valence-corrected chi connectivity index (χ2v) is 7.92. The molecule has 0 saturated heterocycles. The fourth-order valence-corrected chi connectivity index (χ4v) is 3.78. The van der Waals surface area contributed by atoms with Crippen LogP contribution in [-0.2, 0) is 6.54 Å². The third-order valence-electron chi connectivity index (χ3n) is 4.37. The summed E-state index contributed by atoms with van der Waals surface area (Å²) in [7, 11) is 0. The van der Waals surface area contributed by atoms with E-state index in [4.69, 9.17) is 11.6 Å². The fraction of sp³-hybridized carbons (Fsp3) is 0.286. The molecule has 6 heteroatoms. The molecule has 0 fully saturated rings. The molecule has 2 aromatic carbocycles. The quantitative estimate of drug-likeness (QED) is 0.376. The number of rotatable bonds is 7. The molecular formula is C21H22ClN3OS. The van der Waals surface area contributed by atoms with E-state index in [1.165, 1.54) is 17.3 Å². The van der Waals surface area contributed by atoms with Gasteiger partial charge in [-0.05, 0) is 42.7 Å². The summed E-state index contributed by atoms with van der Waals surface area (Å²) in [4.78, 5) is 12.5. The van der Waals surface area contributed by atoms with Gasteiger partial charge in [-0.3, -0.25) is 4.79 Å². The molecule has 0 spiro atoms. The molecule has 0 radical (unpaired) electrons. The van der Waals surface area contributed by atoms with E-state index < -0.39 is 0 Å². The number of thioether (sulfide) groups is 1. The van der Waals surface area contributed by atoms with Gasteiger partial charge in [0.05, 0.1) is 5.75 Å². The van der Waals surface area contributed by atoms with Gasteiger partial charge in [0.15, 0.2) is 16.8 Å². The predicted molar refractivity (Wildman–Crippen MR) is 112 cm³/mol. The smallest absolute Gasteiger partial charge is 0.191 e. The summed E-state index contributed by atoms with van der Waals surface area (Å²) in [5.74, 6) is 1.66. The van der Waals surface area contributed by atoms with E-state index in [2.05, 4.69) is 24.0 Å². The van der Waals surface area contributed by atoms with Crippen LogP contribution in [-0.4, -0.2) is 26.3 Å². The Morgan fingerprint density at radius 3 is 2.33 bits per heavy atom. The number of aromatic nitrogens is 3. The Kier molecular flexibility index (Phi) is 6.34. The van der Waals surface area contributed by atoms with E-state index in [-0.39, 0.29) is 5.78 Å². The van der Waals surface area contributed by atoms with E-state index in [1.54, 1.807) is 0 Å². The maximum absolute atomic E-state index is 12.5. The second kappa shape index (κ2) is 8.72. The average Bonchev–Trinajstić information content (AvgIpc) is 3.09. The fourth-order valence-electron chi connectivity index (χ4n) is 2.76. The van der Waals surface area contributed by atoms with Crippen molar-refractivity contribution in [2.75, 3.05) is 5.75 Å². The van der Waals surface area contributed by atoms with E-state index in [0.29, 0.717) is 16.7 Å². The molecule has 0 atom stereocenters. The van der Waals surface area contributed by atoms with Crippen molar-refractivity contribution >= 4 is 29.1 Å². The minimum atomic E-state index is 0.0917. The summed E-state index contributed by atoms with van der Waals surface area (Å²) in [5, 5.41) is 10.0. The first-order valence-electron chi connectivity index (χ1n) is 8.94. The molecule has 4 nitrogen and oxygen atoms in total. The van der Waals surface area contributed by atoms with E-state index in [9.17, 15) is 4.79 Å². The van der Waals surface area contributed by atoms with Gasteiger partial charge in [0, 0.05) is 22.7 Å². The van der Waals surface area contributed by atoms with Crippen molar-refractivity contribution in [3.63, 3.8) is 0 Å². The summed E-state index contributed by atoms with van der Waals surface area (Å²) in [6.07, 6.45) is 0. The van der Waals surface area contributed by atoms with Crippen molar-refractivity contribution in [1.82, 2.24) is 14.8 Å². The van der Waals surface area contributed by atoms with Crippen LogP contribution in [0.1, 0.15) is 42.6 Å². The van der Waals surface area contributed by atoms with Crippen LogP contribution in [0.3, 0.4) is 0 Å². The lowest BCUT2D eigenvalue weighted by atomic mass is 10.0. The molecule has 140 valence electrons. The molecule has 0 unspecified atom stereocenters. The molecule has 1 heterocycles. The first-order chi connectivity index (χ1) is 13.0. The molecule has 0 bridgehead atoms. The van der Waals surface area contributed by atoms with Crippen LogP contribution in [0.4, 0.5) is 0 Å². The summed E-state index contributed by atoms with van der Waals surface area (Å²) < 4.78 is 2.02.